The van der Waals surface area contributed by atoms with E-state index in [-0.39, 0.29) is 11.9 Å². The van der Waals surface area contributed by atoms with Crippen molar-refractivity contribution in [1.82, 2.24) is 4.98 Å². The molecule has 0 aliphatic heterocycles. The van der Waals surface area contributed by atoms with E-state index >= 15 is 0 Å². The summed E-state index contributed by atoms with van der Waals surface area (Å²) >= 11 is 1.37. The van der Waals surface area contributed by atoms with Gasteiger partial charge < -0.3 is 10.1 Å². The van der Waals surface area contributed by atoms with Crippen LogP contribution in [0.25, 0.3) is 11.3 Å². The third-order valence-electron chi connectivity index (χ3n) is 3.84. The van der Waals surface area contributed by atoms with Gasteiger partial charge in [-0.05, 0) is 24.6 Å². The number of hydrogen-bond donors (Lipinski definition) is 1. The van der Waals surface area contributed by atoms with Crippen molar-refractivity contribution in [2.24, 2.45) is 0 Å². The molecule has 0 aliphatic carbocycles. The summed E-state index contributed by atoms with van der Waals surface area (Å²) in [5, 5.41) is 5.25. The summed E-state index contributed by atoms with van der Waals surface area (Å²) in [4.78, 5) is 28.1. The van der Waals surface area contributed by atoms with E-state index in [2.05, 4.69) is 15.0 Å². The molecule has 1 heterocycles. The van der Waals surface area contributed by atoms with Crippen LogP contribution >= 0.6 is 11.3 Å². The van der Waals surface area contributed by atoms with Crippen LogP contribution in [0.4, 0.5) is 5.13 Å². The highest BCUT2D eigenvalue weighted by molar-refractivity contribution is 7.14. The quantitative estimate of drug-likeness (QED) is 0.691. The standard InChI is InChI=1S/C20H18N2O3S/c1-13-3-5-14(6-4-13)11-18(23)22-20-21-17(12-26-20)15-7-9-16(10-8-15)19(24)25-2/h3-10,12H,11H2,1-2H3,(H,21,22,23). The highest BCUT2D eigenvalue weighted by Gasteiger charge is 2.10. The maximum atomic E-state index is 12.2. The van der Waals surface area contributed by atoms with Gasteiger partial charge in [0.2, 0.25) is 5.91 Å². The second kappa shape index (κ2) is 7.93. The van der Waals surface area contributed by atoms with Crippen molar-refractivity contribution in [2.75, 3.05) is 12.4 Å². The van der Waals surface area contributed by atoms with Crippen molar-refractivity contribution in [3.05, 3.63) is 70.6 Å². The number of rotatable bonds is 5. The molecule has 1 aromatic heterocycles. The molecule has 26 heavy (non-hydrogen) atoms. The Morgan fingerprint density at radius 2 is 1.77 bits per heavy atom. The van der Waals surface area contributed by atoms with E-state index in [1.54, 1.807) is 24.3 Å². The van der Waals surface area contributed by atoms with Crippen LogP contribution in [0, 0.1) is 6.92 Å². The largest absolute Gasteiger partial charge is 0.465 e. The van der Waals surface area contributed by atoms with Gasteiger partial charge in [-0.25, -0.2) is 9.78 Å². The number of aryl methyl sites for hydroxylation is 1. The number of carbonyl (C=O) groups is 2. The monoisotopic (exact) mass is 366 g/mol. The van der Waals surface area contributed by atoms with E-state index in [9.17, 15) is 9.59 Å². The van der Waals surface area contributed by atoms with Crippen LogP contribution in [0.3, 0.4) is 0 Å². The molecule has 6 heteroatoms. The summed E-state index contributed by atoms with van der Waals surface area (Å²) < 4.78 is 4.69. The van der Waals surface area contributed by atoms with Gasteiger partial charge in [-0.1, -0.05) is 42.0 Å². The van der Waals surface area contributed by atoms with Gasteiger partial charge in [0, 0.05) is 10.9 Å². The van der Waals surface area contributed by atoms with Crippen LogP contribution in [-0.4, -0.2) is 24.0 Å². The van der Waals surface area contributed by atoms with Crippen molar-refractivity contribution >= 4 is 28.3 Å². The molecule has 0 spiro atoms. The zero-order chi connectivity index (χ0) is 18.5. The molecule has 5 nitrogen and oxygen atoms in total. The molecule has 132 valence electrons. The molecular weight excluding hydrogens is 348 g/mol. The lowest BCUT2D eigenvalue weighted by molar-refractivity contribution is -0.115. The van der Waals surface area contributed by atoms with Crippen LogP contribution in [0.2, 0.25) is 0 Å². The molecular formula is C20H18N2O3S. The minimum atomic E-state index is -0.376. The number of ether oxygens (including phenoxy) is 1. The predicted octanol–water partition coefficient (Wildman–Crippen LogP) is 4.09. The number of amides is 1. The number of benzene rings is 2. The number of thiazole rings is 1. The number of methoxy groups -OCH3 is 1. The zero-order valence-corrected chi connectivity index (χ0v) is 15.3. The van der Waals surface area contributed by atoms with E-state index in [1.807, 2.05) is 36.6 Å². The Bertz CT molecular complexity index is 915. The van der Waals surface area contributed by atoms with E-state index < -0.39 is 0 Å². The Balaban J connectivity index is 1.64. The van der Waals surface area contributed by atoms with E-state index in [0.717, 1.165) is 22.4 Å². The van der Waals surface area contributed by atoms with Crippen molar-refractivity contribution in [1.29, 1.82) is 0 Å². The molecule has 0 aliphatic rings. The normalized spacial score (nSPS) is 10.4. The number of carbonyl (C=O) groups excluding carboxylic acids is 2. The zero-order valence-electron chi connectivity index (χ0n) is 14.5. The van der Waals surface area contributed by atoms with Gasteiger partial charge in [0.05, 0.1) is 24.8 Å². The fraction of sp³-hybridized carbons (Fsp3) is 0.150. The number of nitrogens with one attached hydrogen (secondary N) is 1. The van der Waals surface area contributed by atoms with Gasteiger partial charge in [-0.2, -0.15) is 0 Å². The third-order valence-corrected chi connectivity index (χ3v) is 4.60. The number of esters is 1. The number of aromatic nitrogens is 1. The van der Waals surface area contributed by atoms with Gasteiger partial charge in [0.25, 0.3) is 0 Å². The Labute approximate surface area is 155 Å². The smallest absolute Gasteiger partial charge is 0.337 e. The number of hydrogen-bond acceptors (Lipinski definition) is 5. The predicted molar refractivity (Wildman–Crippen MR) is 102 cm³/mol. The summed E-state index contributed by atoms with van der Waals surface area (Å²) in [6.07, 6.45) is 0.309. The molecule has 0 unspecified atom stereocenters. The van der Waals surface area contributed by atoms with Gasteiger partial charge in [0.1, 0.15) is 0 Å². The Hall–Kier alpha value is -2.99. The lowest BCUT2D eigenvalue weighted by Crippen LogP contribution is -2.14. The van der Waals surface area contributed by atoms with Crippen LogP contribution < -0.4 is 5.32 Å². The first kappa shape index (κ1) is 17.8. The summed E-state index contributed by atoms with van der Waals surface area (Å²) in [5.41, 5.74) is 4.23. The van der Waals surface area contributed by atoms with Crippen molar-refractivity contribution in [3.63, 3.8) is 0 Å². The molecule has 2 aromatic carbocycles. The van der Waals surface area contributed by atoms with E-state index in [1.165, 1.54) is 18.4 Å². The lowest BCUT2D eigenvalue weighted by Gasteiger charge is -2.03. The Morgan fingerprint density at radius 3 is 2.42 bits per heavy atom. The molecule has 3 rings (SSSR count). The topological polar surface area (TPSA) is 68.3 Å². The molecule has 0 fully saturated rings. The SMILES string of the molecule is COC(=O)c1ccc(-c2csc(NC(=O)Cc3ccc(C)cc3)n2)cc1. The highest BCUT2D eigenvalue weighted by atomic mass is 32.1. The van der Waals surface area contributed by atoms with E-state index in [4.69, 9.17) is 0 Å². The van der Waals surface area contributed by atoms with Gasteiger partial charge >= 0.3 is 5.97 Å². The first-order chi connectivity index (χ1) is 12.5. The Kier molecular flexibility index (Phi) is 5.43. The molecule has 0 saturated heterocycles. The average Bonchev–Trinajstić information content (AvgIpc) is 3.11. The molecule has 1 N–H and O–H groups in total. The first-order valence-corrected chi connectivity index (χ1v) is 8.93. The second-order valence-electron chi connectivity index (χ2n) is 5.82. The van der Waals surface area contributed by atoms with E-state index in [0.29, 0.717) is 17.1 Å². The number of anilines is 1. The van der Waals surface area contributed by atoms with Gasteiger partial charge in [0.15, 0.2) is 5.13 Å². The maximum absolute atomic E-state index is 12.2. The Morgan fingerprint density at radius 1 is 1.08 bits per heavy atom. The fourth-order valence-corrected chi connectivity index (χ4v) is 3.15. The lowest BCUT2D eigenvalue weighted by atomic mass is 10.1. The second-order valence-corrected chi connectivity index (χ2v) is 6.68. The highest BCUT2D eigenvalue weighted by Crippen LogP contribution is 2.25. The molecule has 0 bridgehead atoms. The summed E-state index contributed by atoms with van der Waals surface area (Å²) in [5.74, 6) is -0.477. The fourth-order valence-electron chi connectivity index (χ4n) is 2.41. The maximum Gasteiger partial charge on any atom is 0.337 e. The summed E-state index contributed by atoms with van der Waals surface area (Å²) in [6, 6.07) is 14.9. The molecule has 1 amide bonds. The molecule has 0 saturated carbocycles. The van der Waals surface area contributed by atoms with Crippen LogP contribution in [0.15, 0.2) is 53.9 Å². The third kappa shape index (κ3) is 4.34. The van der Waals surface area contributed by atoms with Gasteiger partial charge in [-0.15, -0.1) is 11.3 Å². The molecule has 0 radical (unpaired) electrons. The number of nitrogens with zero attached hydrogens (tertiary/aromatic N) is 1. The van der Waals surface area contributed by atoms with Crippen molar-refractivity contribution in [2.45, 2.75) is 13.3 Å². The summed E-state index contributed by atoms with van der Waals surface area (Å²) in [6.45, 7) is 2.01. The van der Waals surface area contributed by atoms with Crippen molar-refractivity contribution in [3.8, 4) is 11.3 Å². The van der Waals surface area contributed by atoms with Crippen LogP contribution in [0.5, 0.6) is 0 Å². The summed E-state index contributed by atoms with van der Waals surface area (Å²) in [7, 11) is 1.35. The van der Waals surface area contributed by atoms with Crippen LogP contribution in [0.1, 0.15) is 21.5 Å². The molecule has 3 aromatic rings. The van der Waals surface area contributed by atoms with Crippen LogP contribution in [-0.2, 0) is 16.0 Å². The van der Waals surface area contributed by atoms with Crippen molar-refractivity contribution < 1.29 is 14.3 Å². The minimum Gasteiger partial charge on any atom is -0.465 e. The average molecular weight is 366 g/mol. The van der Waals surface area contributed by atoms with Gasteiger partial charge in [-0.3, -0.25) is 4.79 Å². The minimum absolute atomic E-state index is 0.101. The molecule has 0 atom stereocenters. The first-order valence-electron chi connectivity index (χ1n) is 8.05.